The highest BCUT2D eigenvalue weighted by Crippen LogP contribution is 2.25. The van der Waals surface area contributed by atoms with E-state index in [1.54, 1.807) is 12.5 Å². The van der Waals surface area contributed by atoms with Gasteiger partial charge in [0, 0.05) is 31.4 Å². The fourth-order valence-electron chi connectivity index (χ4n) is 4.13. The molecule has 0 spiro atoms. The summed E-state index contributed by atoms with van der Waals surface area (Å²) >= 11 is 0. The molecule has 0 bridgehead atoms. The minimum atomic E-state index is 0.139. The van der Waals surface area contributed by atoms with Gasteiger partial charge in [-0.05, 0) is 48.6 Å². The third-order valence-electron chi connectivity index (χ3n) is 5.72. The van der Waals surface area contributed by atoms with E-state index in [9.17, 15) is 4.79 Å². The number of anilines is 1. The maximum atomic E-state index is 13.2. The Hall–Kier alpha value is -2.85. The molecule has 0 N–H and O–H groups in total. The standard InChI is InChI=1S/C25H28N2O2/c28-25(19-22-14-18-29-20-22)27(23-9-5-2-6-10-23)24-12-16-26(17-13-24)15-11-21-7-3-1-4-8-21/h1-10,14,18,20,24H,11-13,15-17,19H2. The van der Waals surface area contributed by atoms with Crippen LogP contribution in [0.1, 0.15) is 24.0 Å². The molecule has 4 rings (SSSR count). The Kier molecular flexibility index (Phi) is 6.42. The Morgan fingerprint density at radius 3 is 2.28 bits per heavy atom. The lowest BCUT2D eigenvalue weighted by Crippen LogP contribution is -2.48. The van der Waals surface area contributed by atoms with Gasteiger partial charge in [0.1, 0.15) is 0 Å². The highest BCUT2D eigenvalue weighted by molar-refractivity contribution is 5.95. The van der Waals surface area contributed by atoms with Crippen molar-refractivity contribution < 1.29 is 9.21 Å². The second kappa shape index (κ2) is 9.57. The van der Waals surface area contributed by atoms with Crippen molar-refractivity contribution >= 4 is 11.6 Å². The van der Waals surface area contributed by atoms with Crippen LogP contribution >= 0.6 is 0 Å². The lowest BCUT2D eigenvalue weighted by atomic mass is 10.0. The first-order chi connectivity index (χ1) is 14.3. The molecule has 1 aliphatic rings. The molecule has 0 aliphatic carbocycles. The van der Waals surface area contributed by atoms with Gasteiger partial charge < -0.3 is 14.2 Å². The van der Waals surface area contributed by atoms with Gasteiger partial charge in [0.2, 0.25) is 5.91 Å². The minimum absolute atomic E-state index is 0.139. The van der Waals surface area contributed by atoms with E-state index in [0.717, 1.165) is 50.1 Å². The van der Waals surface area contributed by atoms with Crippen LogP contribution in [0.3, 0.4) is 0 Å². The molecule has 150 valence electrons. The summed E-state index contributed by atoms with van der Waals surface area (Å²) in [5.74, 6) is 0.139. The molecule has 0 saturated carbocycles. The molecule has 1 amide bonds. The zero-order chi connectivity index (χ0) is 19.9. The highest BCUT2D eigenvalue weighted by Gasteiger charge is 2.29. The van der Waals surface area contributed by atoms with Crippen LogP contribution in [-0.2, 0) is 17.6 Å². The average molecular weight is 389 g/mol. The first-order valence-corrected chi connectivity index (χ1v) is 10.4. The molecule has 3 aromatic rings. The van der Waals surface area contributed by atoms with Crippen LogP contribution < -0.4 is 4.90 Å². The third kappa shape index (κ3) is 5.15. The number of likely N-dealkylation sites (tertiary alicyclic amines) is 1. The molecule has 1 saturated heterocycles. The maximum Gasteiger partial charge on any atom is 0.231 e. The summed E-state index contributed by atoms with van der Waals surface area (Å²) in [5, 5.41) is 0. The van der Waals surface area contributed by atoms with E-state index in [4.69, 9.17) is 4.42 Å². The normalized spacial score (nSPS) is 15.3. The fraction of sp³-hybridized carbons (Fsp3) is 0.320. The molecule has 2 aromatic carbocycles. The number of para-hydroxylation sites is 1. The first kappa shape index (κ1) is 19.5. The molecule has 0 unspecified atom stereocenters. The van der Waals surface area contributed by atoms with Crippen molar-refractivity contribution in [3.63, 3.8) is 0 Å². The van der Waals surface area contributed by atoms with Crippen molar-refractivity contribution in [2.75, 3.05) is 24.5 Å². The number of amides is 1. The molecular formula is C25H28N2O2. The Labute approximate surface area is 172 Å². The zero-order valence-corrected chi connectivity index (χ0v) is 16.7. The van der Waals surface area contributed by atoms with E-state index < -0.39 is 0 Å². The molecule has 29 heavy (non-hydrogen) atoms. The van der Waals surface area contributed by atoms with Crippen LogP contribution in [0.5, 0.6) is 0 Å². The van der Waals surface area contributed by atoms with E-state index in [0.29, 0.717) is 6.42 Å². The highest BCUT2D eigenvalue weighted by atomic mass is 16.3. The Morgan fingerprint density at radius 2 is 1.62 bits per heavy atom. The van der Waals surface area contributed by atoms with Crippen molar-refractivity contribution in [2.45, 2.75) is 31.7 Å². The van der Waals surface area contributed by atoms with Crippen LogP contribution in [0.2, 0.25) is 0 Å². The summed E-state index contributed by atoms with van der Waals surface area (Å²) < 4.78 is 5.15. The van der Waals surface area contributed by atoms with Gasteiger partial charge in [0.05, 0.1) is 18.9 Å². The predicted molar refractivity (Wildman–Crippen MR) is 116 cm³/mol. The summed E-state index contributed by atoms with van der Waals surface area (Å²) in [7, 11) is 0. The van der Waals surface area contributed by atoms with Gasteiger partial charge in [-0.3, -0.25) is 4.79 Å². The van der Waals surface area contributed by atoms with Crippen molar-refractivity contribution in [1.29, 1.82) is 0 Å². The second-order valence-electron chi connectivity index (χ2n) is 7.72. The number of hydrogen-bond donors (Lipinski definition) is 0. The van der Waals surface area contributed by atoms with Crippen LogP contribution in [0.25, 0.3) is 0 Å². The molecule has 0 radical (unpaired) electrons. The number of furan rings is 1. The Morgan fingerprint density at radius 1 is 0.931 bits per heavy atom. The van der Waals surface area contributed by atoms with Gasteiger partial charge in [-0.15, -0.1) is 0 Å². The van der Waals surface area contributed by atoms with Gasteiger partial charge in [-0.2, -0.15) is 0 Å². The molecule has 2 heterocycles. The van der Waals surface area contributed by atoms with Crippen molar-refractivity contribution in [3.8, 4) is 0 Å². The number of nitrogens with zero attached hydrogens (tertiary/aromatic N) is 2. The van der Waals surface area contributed by atoms with Crippen molar-refractivity contribution in [2.24, 2.45) is 0 Å². The van der Waals surface area contributed by atoms with E-state index >= 15 is 0 Å². The van der Waals surface area contributed by atoms with E-state index in [-0.39, 0.29) is 11.9 Å². The summed E-state index contributed by atoms with van der Waals surface area (Å²) in [6.45, 7) is 3.13. The van der Waals surface area contributed by atoms with Gasteiger partial charge in [-0.1, -0.05) is 48.5 Å². The topological polar surface area (TPSA) is 36.7 Å². The third-order valence-corrected chi connectivity index (χ3v) is 5.72. The lowest BCUT2D eigenvalue weighted by Gasteiger charge is -2.38. The molecule has 4 nitrogen and oxygen atoms in total. The number of piperidine rings is 1. The molecule has 4 heteroatoms. The van der Waals surface area contributed by atoms with Gasteiger partial charge in [0.25, 0.3) is 0 Å². The van der Waals surface area contributed by atoms with E-state index in [1.165, 1.54) is 5.56 Å². The molecule has 0 atom stereocenters. The summed E-state index contributed by atoms with van der Waals surface area (Å²) in [5.41, 5.74) is 3.30. The number of hydrogen-bond acceptors (Lipinski definition) is 3. The number of carbonyl (C=O) groups is 1. The van der Waals surface area contributed by atoms with E-state index in [2.05, 4.69) is 35.2 Å². The second-order valence-corrected chi connectivity index (χ2v) is 7.72. The van der Waals surface area contributed by atoms with Crippen LogP contribution in [0.15, 0.2) is 83.7 Å². The summed E-state index contributed by atoms with van der Waals surface area (Å²) in [4.78, 5) is 17.7. The average Bonchev–Trinajstić information content (AvgIpc) is 3.28. The maximum absolute atomic E-state index is 13.2. The molecular weight excluding hydrogens is 360 g/mol. The zero-order valence-electron chi connectivity index (χ0n) is 16.7. The quantitative estimate of drug-likeness (QED) is 0.595. The van der Waals surface area contributed by atoms with Crippen LogP contribution in [0.4, 0.5) is 5.69 Å². The number of benzene rings is 2. The largest absolute Gasteiger partial charge is 0.472 e. The van der Waals surface area contributed by atoms with Gasteiger partial charge in [-0.25, -0.2) is 0 Å². The molecule has 1 aliphatic heterocycles. The first-order valence-electron chi connectivity index (χ1n) is 10.4. The van der Waals surface area contributed by atoms with Crippen LogP contribution in [-0.4, -0.2) is 36.5 Å². The predicted octanol–water partition coefficient (Wildman–Crippen LogP) is 4.56. The summed E-state index contributed by atoms with van der Waals surface area (Å²) in [6, 6.07) is 22.8. The molecule has 1 aromatic heterocycles. The fourth-order valence-corrected chi connectivity index (χ4v) is 4.13. The minimum Gasteiger partial charge on any atom is -0.472 e. The van der Waals surface area contributed by atoms with Crippen LogP contribution in [0, 0.1) is 0 Å². The Bertz CT molecular complexity index is 870. The van der Waals surface area contributed by atoms with Gasteiger partial charge in [0.15, 0.2) is 0 Å². The lowest BCUT2D eigenvalue weighted by molar-refractivity contribution is -0.118. The van der Waals surface area contributed by atoms with Crippen molar-refractivity contribution in [1.82, 2.24) is 4.90 Å². The molecule has 1 fully saturated rings. The smallest absolute Gasteiger partial charge is 0.231 e. The number of carbonyl (C=O) groups excluding carboxylic acids is 1. The SMILES string of the molecule is O=C(Cc1ccoc1)N(c1ccccc1)C1CCN(CCc2ccccc2)CC1. The summed E-state index contributed by atoms with van der Waals surface area (Å²) in [6.07, 6.45) is 6.74. The monoisotopic (exact) mass is 388 g/mol. The van der Waals surface area contributed by atoms with E-state index in [1.807, 2.05) is 41.3 Å². The van der Waals surface area contributed by atoms with Gasteiger partial charge >= 0.3 is 0 Å². The number of rotatable bonds is 7. The van der Waals surface area contributed by atoms with Crippen molar-refractivity contribution in [3.05, 3.63) is 90.4 Å². The Balaban J connectivity index is 1.39.